The summed E-state index contributed by atoms with van der Waals surface area (Å²) in [6.45, 7) is 4.39. The molecule has 0 bridgehead atoms. The molecule has 0 radical (unpaired) electrons. The Balaban J connectivity index is 2.13. The molecule has 1 aromatic heterocycles. The van der Waals surface area contributed by atoms with Gasteiger partial charge < -0.3 is 5.73 Å². The Kier molecular flexibility index (Phi) is 4.61. The van der Waals surface area contributed by atoms with Crippen molar-refractivity contribution in [1.82, 2.24) is 14.8 Å². The lowest BCUT2D eigenvalue weighted by molar-refractivity contribution is 0.623. The van der Waals surface area contributed by atoms with E-state index in [1.54, 1.807) is 16.7 Å². The summed E-state index contributed by atoms with van der Waals surface area (Å²) in [7, 11) is 0. The highest BCUT2D eigenvalue weighted by Crippen LogP contribution is 2.28. The van der Waals surface area contributed by atoms with Gasteiger partial charge >= 0.3 is 5.69 Å². The van der Waals surface area contributed by atoms with Crippen molar-refractivity contribution in [3.05, 3.63) is 46.1 Å². The van der Waals surface area contributed by atoms with Crippen molar-refractivity contribution in [2.24, 2.45) is 5.73 Å². The molecule has 2 unspecified atom stereocenters. The summed E-state index contributed by atoms with van der Waals surface area (Å²) in [5, 5.41) is 7.03. The summed E-state index contributed by atoms with van der Waals surface area (Å²) in [6.07, 6.45) is 0. The van der Waals surface area contributed by atoms with Crippen LogP contribution in [-0.4, -0.2) is 20.0 Å². The summed E-state index contributed by atoms with van der Waals surface area (Å²) < 4.78 is 14.5. The van der Waals surface area contributed by atoms with Gasteiger partial charge in [0, 0.05) is 17.8 Å². The molecule has 20 heavy (non-hydrogen) atoms. The summed E-state index contributed by atoms with van der Waals surface area (Å²) in [5.41, 5.74) is 6.80. The fraction of sp³-hybridized carbons (Fsp3) is 0.385. The molecule has 0 saturated carbocycles. The van der Waals surface area contributed by atoms with Crippen LogP contribution < -0.4 is 11.4 Å². The van der Waals surface area contributed by atoms with Gasteiger partial charge in [0.2, 0.25) is 0 Å². The Hall–Kier alpha value is -1.60. The maximum atomic E-state index is 12.9. The van der Waals surface area contributed by atoms with Crippen molar-refractivity contribution < 1.29 is 4.39 Å². The number of aromatic nitrogens is 3. The molecule has 0 aliphatic heterocycles. The van der Waals surface area contributed by atoms with Gasteiger partial charge in [-0.05, 0) is 24.6 Å². The van der Waals surface area contributed by atoms with Crippen molar-refractivity contribution in [2.75, 3.05) is 0 Å². The molecule has 5 nitrogen and oxygen atoms in total. The third-order valence-electron chi connectivity index (χ3n) is 3.09. The zero-order valence-electron chi connectivity index (χ0n) is 11.3. The van der Waals surface area contributed by atoms with Gasteiger partial charge in [0.15, 0.2) is 5.16 Å². The summed E-state index contributed by atoms with van der Waals surface area (Å²) in [5.74, 6) is -0.284. The number of rotatable bonds is 5. The van der Waals surface area contributed by atoms with Crippen molar-refractivity contribution in [1.29, 1.82) is 0 Å². The van der Waals surface area contributed by atoms with E-state index < -0.39 is 0 Å². The van der Waals surface area contributed by atoms with Crippen LogP contribution in [0.2, 0.25) is 0 Å². The number of nitrogens with two attached hydrogens (primary N) is 1. The second-order valence-electron chi connectivity index (χ2n) is 4.46. The van der Waals surface area contributed by atoms with E-state index in [0.29, 0.717) is 11.7 Å². The Morgan fingerprint density at radius 1 is 1.45 bits per heavy atom. The van der Waals surface area contributed by atoms with Crippen LogP contribution in [0, 0.1) is 5.82 Å². The Morgan fingerprint density at radius 3 is 2.70 bits per heavy atom. The molecule has 0 amide bonds. The number of nitrogens with zero attached hydrogens (tertiary/aromatic N) is 2. The molecule has 1 aromatic carbocycles. The highest BCUT2D eigenvalue weighted by Gasteiger charge is 2.19. The van der Waals surface area contributed by atoms with Gasteiger partial charge in [-0.1, -0.05) is 30.8 Å². The minimum absolute atomic E-state index is 0.000890. The Bertz CT molecular complexity index is 622. The fourth-order valence-electron chi connectivity index (χ4n) is 1.87. The first-order chi connectivity index (χ1) is 9.52. The second-order valence-corrected chi connectivity index (χ2v) is 5.80. The number of aromatic amines is 1. The van der Waals surface area contributed by atoms with Crippen LogP contribution in [-0.2, 0) is 6.54 Å². The van der Waals surface area contributed by atoms with Gasteiger partial charge in [-0.25, -0.2) is 14.3 Å². The lowest BCUT2D eigenvalue weighted by atomic mass is 10.1. The maximum absolute atomic E-state index is 12.9. The van der Waals surface area contributed by atoms with Gasteiger partial charge in [-0.3, -0.25) is 4.57 Å². The van der Waals surface area contributed by atoms with E-state index in [1.807, 2.05) is 13.8 Å². The summed E-state index contributed by atoms with van der Waals surface area (Å²) >= 11 is 1.42. The van der Waals surface area contributed by atoms with Crippen LogP contribution in [0.5, 0.6) is 0 Å². The molecule has 0 aliphatic carbocycles. The van der Waals surface area contributed by atoms with E-state index in [4.69, 9.17) is 5.73 Å². The van der Waals surface area contributed by atoms with E-state index in [1.165, 1.54) is 23.9 Å². The van der Waals surface area contributed by atoms with Gasteiger partial charge in [0.25, 0.3) is 0 Å². The molecule has 0 saturated heterocycles. The molecule has 2 aromatic rings. The predicted molar refractivity (Wildman–Crippen MR) is 77.2 cm³/mol. The molecule has 0 fully saturated rings. The van der Waals surface area contributed by atoms with Crippen LogP contribution in [0.4, 0.5) is 4.39 Å². The average Bonchev–Trinajstić information content (AvgIpc) is 2.79. The van der Waals surface area contributed by atoms with E-state index >= 15 is 0 Å². The quantitative estimate of drug-likeness (QED) is 0.826. The number of benzene rings is 1. The lowest BCUT2D eigenvalue weighted by Crippen LogP contribution is -2.22. The summed E-state index contributed by atoms with van der Waals surface area (Å²) in [6, 6.07) is 5.87. The average molecular weight is 296 g/mol. The van der Waals surface area contributed by atoms with Crippen LogP contribution in [0.15, 0.2) is 34.2 Å². The first kappa shape index (κ1) is 14.8. The lowest BCUT2D eigenvalue weighted by Gasteiger charge is -2.19. The number of hydrogen-bond donors (Lipinski definition) is 2. The van der Waals surface area contributed by atoms with E-state index in [9.17, 15) is 9.18 Å². The first-order valence-electron chi connectivity index (χ1n) is 6.35. The van der Waals surface area contributed by atoms with Crippen molar-refractivity contribution in [3.63, 3.8) is 0 Å². The van der Waals surface area contributed by atoms with Crippen LogP contribution >= 0.6 is 11.8 Å². The van der Waals surface area contributed by atoms with Gasteiger partial charge in [-0.2, -0.15) is 0 Å². The molecular formula is C13H17FN4OS. The zero-order chi connectivity index (χ0) is 14.7. The Morgan fingerprint density at radius 2 is 2.10 bits per heavy atom. The van der Waals surface area contributed by atoms with Crippen molar-refractivity contribution in [3.8, 4) is 0 Å². The number of H-pyrrole nitrogens is 1. The number of thioether (sulfide) groups is 1. The largest absolute Gasteiger partial charge is 0.343 e. The molecule has 0 spiro atoms. The fourth-order valence-corrected chi connectivity index (χ4v) is 2.94. The molecule has 3 N–H and O–H groups in total. The van der Waals surface area contributed by atoms with E-state index in [0.717, 1.165) is 5.56 Å². The minimum Gasteiger partial charge on any atom is -0.323 e. The molecular weight excluding hydrogens is 279 g/mol. The molecule has 2 atom stereocenters. The smallest absolute Gasteiger partial charge is 0.323 e. The van der Waals surface area contributed by atoms with E-state index in [-0.39, 0.29) is 22.8 Å². The number of nitrogens with one attached hydrogen (secondary N) is 1. The first-order valence-corrected chi connectivity index (χ1v) is 7.23. The molecule has 2 rings (SSSR count). The minimum atomic E-state index is -0.284. The normalized spacial score (nSPS) is 14.2. The van der Waals surface area contributed by atoms with Crippen LogP contribution in [0.3, 0.4) is 0 Å². The predicted octanol–water partition coefficient (Wildman–Crippen LogP) is 1.91. The van der Waals surface area contributed by atoms with Gasteiger partial charge in [0.1, 0.15) is 5.82 Å². The number of halogens is 1. The zero-order valence-corrected chi connectivity index (χ0v) is 12.2. The van der Waals surface area contributed by atoms with Crippen molar-refractivity contribution in [2.45, 2.75) is 36.8 Å². The van der Waals surface area contributed by atoms with Crippen LogP contribution in [0.1, 0.15) is 25.5 Å². The van der Waals surface area contributed by atoms with Gasteiger partial charge in [0.05, 0.1) is 0 Å². The molecule has 1 heterocycles. The SMILES string of the molecule is CCn1c(SC(C)C(N)c2ccc(F)cc2)n[nH]c1=O. The van der Waals surface area contributed by atoms with Crippen molar-refractivity contribution >= 4 is 11.8 Å². The second kappa shape index (κ2) is 6.23. The summed E-state index contributed by atoms with van der Waals surface area (Å²) in [4.78, 5) is 11.5. The Labute approximate surface area is 120 Å². The highest BCUT2D eigenvalue weighted by molar-refractivity contribution is 7.99. The topological polar surface area (TPSA) is 76.7 Å². The third-order valence-corrected chi connectivity index (χ3v) is 4.28. The van der Waals surface area contributed by atoms with E-state index in [2.05, 4.69) is 10.2 Å². The molecule has 0 aliphatic rings. The standard InChI is InChI=1S/C13H17FN4OS/c1-3-18-12(19)16-17-13(18)20-8(2)11(15)9-4-6-10(14)7-5-9/h4-8,11H,3,15H2,1-2H3,(H,16,19). The maximum Gasteiger partial charge on any atom is 0.343 e. The third kappa shape index (κ3) is 3.10. The molecule has 108 valence electrons. The highest BCUT2D eigenvalue weighted by atomic mass is 32.2. The molecule has 7 heteroatoms. The number of hydrogen-bond acceptors (Lipinski definition) is 4. The van der Waals surface area contributed by atoms with Gasteiger partial charge in [-0.15, -0.1) is 5.10 Å². The monoisotopic (exact) mass is 296 g/mol. The van der Waals surface area contributed by atoms with Crippen LogP contribution in [0.25, 0.3) is 0 Å².